The standard InChI is InChI=1S/C27H21FN3/c1-15-6-8-19-20-14-18(28)7-9-21(20)31-22-13-17(27(2,3)29-4)12-16-10-11-30(5)26(24(16)22)23(15)25(19)31/h6-14H,1-3,5H3/q+1. The van der Waals surface area contributed by atoms with Gasteiger partial charge in [0.2, 0.25) is 5.52 Å². The Kier molecular flexibility index (Phi) is 3.33. The van der Waals surface area contributed by atoms with E-state index in [1.165, 1.54) is 27.9 Å². The molecule has 6 rings (SSSR count). The first-order valence-electron chi connectivity index (χ1n) is 10.4. The molecule has 3 heterocycles. The van der Waals surface area contributed by atoms with E-state index in [0.717, 1.165) is 38.3 Å². The van der Waals surface area contributed by atoms with Crippen molar-refractivity contribution < 1.29 is 8.96 Å². The number of pyridine rings is 2. The number of nitrogens with zero attached hydrogens (tertiary/aromatic N) is 3. The van der Waals surface area contributed by atoms with Crippen LogP contribution in [0.5, 0.6) is 0 Å². The summed E-state index contributed by atoms with van der Waals surface area (Å²) in [6.45, 7) is 13.8. The second kappa shape index (κ2) is 5.70. The lowest BCUT2D eigenvalue weighted by atomic mass is 9.91. The Morgan fingerprint density at radius 3 is 2.55 bits per heavy atom. The lowest BCUT2D eigenvalue weighted by molar-refractivity contribution is -0.643. The van der Waals surface area contributed by atoms with E-state index >= 15 is 0 Å². The van der Waals surface area contributed by atoms with Crippen molar-refractivity contribution in [1.82, 2.24) is 4.40 Å². The molecule has 0 amide bonds. The Hall–Kier alpha value is -3.71. The van der Waals surface area contributed by atoms with Gasteiger partial charge in [-0.25, -0.2) is 15.5 Å². The summed E-state index contributed by atoms with van der Waals surface area (Å²) >= 11 is 0. The maximum atomic E-state index is 14.2. The molecule has 31 heavy (non-hydrogen) atoms. The number of aryl methyl sites for hydroxylation is 2. The van der Waals surface area contributed by atoms with E-state index in [1.807, 2.05) is 19.9 Å². The number of rotatable bonds is 1. The van der Waals surface area contributed by atoms with Crippen molar-refractivity contribution in [2.75, 3.05) is 0 Å². The Morgan fingerprint density at radius 1 is 0.968 bits per heavy atom. The van der Waals surface area contributed by atoms with Gasteiger partial charge in [-0.2, -0.15) is 0 Å². The molecule has 0 saturated carbocycles. The molecule has 0 bridgehead atoms. The lowest BCUT2D eigenvalue weighted by Crippen LogP contribution is -2.29. The van der Waals surface area contributed by atoms with E-state index in [-0.39, 0.29) is 5.82 Å². The zero-order valence-electron chi connectivity index (χ0n) is 17.9. The predicted molar refractivity (Wildman–Crippen MR) is 124 cm³/mol. The van der Waals surface area contributed by atoms with Crippen molar-refractivity contribution in [3.8, 4) is 0 Å². The highest BCUT2D eigenvalue weighted by atomic mass is 19.1. The van der Waals surface area contributed by atoms with Crippen molar-refractivity contribution in [1.29, 1.82) is 0 Å². The van der Waals surface area contributed by atoms with E-state index in [1.54, 1.807) is 6.07 Å². The van der Waals surface area contributed by atoms with Crippen molar-refractivity contribution in [2.45, 2.75) is 26.3 Å². The molecule has 0 radical (unpaired) electrons. The fourth-order valence-corrected chi connectivity index (χ4v) is 5.11. The quantitative estimate of drug-likeness (QED) is 0.129. The number of hydrogen-bond donors (Lipinski definition) is 0. The first kappa shape index (κ1) is 18.1. The minimum atomic E-state index is -0.635. The second-order valence-electron chi connectivity index (χ2n) is 9.06. The van der Waals surface area contributed by atoms with Crippen LogP contribution in [0.15, 0.2) is 54.7 Å². The molecule has 3 aromatic heterocycles. The topological polar surface area (TPSA) is 12.7 Å². The van der Waals surface area contributed by atoms with E-state index < -0.39 is 5.54 Å². The van der Waals surface area contributed by atoms with E-state index in [0.29, 0.717) is 0 Å². The molecule has 0 aliphatic carbocycles. The highest BCUT2D eigenvalue weighted by Gasteiger charge is 2.30. The molecule has 0 fully saturated rings. The summed E-state index contributed by atoms with van der Waals surface area (Å²) in [5, 5.41) is 5.43. The average molecular weight is 406 g/mol. The van der Waals surface area contributed by atoms with E-state index in [9.17, 15) is 4.39 Å². The van der Waals surface area contributed by atoms with Crippen molar-refractivity contribution >= 4 is 49.0 Å². The van der Waals surface area contributed by atoms with E-state index in [2.05, 4.69) is 64.3 Å². The number of hydrogen-bond acceptors (Lipinski definition) is 0. The Labute approximate surface area is 179 Å². The Morgan fingerprint density at radius 2 is 1.77 bits per heavy atom. The highest BCUT2D eigenvalue weighted by Crippen LogP contribution is 2.42. The summed E-state index contributed by atoms with van der Waals surface area (Å²) in [5.74, 6) is -0.232. The highest BCUT2D eigenvalue weighted by molar-refractivity contribution is 6.25. The lowest BCUT2D eigenvalue weighted by Gasteiger charge is -2.17. The molecule has 150 valence electrons. The first-order valence-corrected chi connectivity index (χ1v) is 10.4. The van der Waals surface area contributed by atoms with Crippen LogP contribution in [0.3, 0.4) is 0 Å². The normalized spacial score (nSPS) is 12.6. The van der Waals surface area contributed by atoms with Gasteiger partial charge in [0.1, 0.15) is 12.9 Å². The fraction of sp³-hybridized carbons (Fsp3) is 0.185. The molecule has 0 spiro atoms. The smallest absolute Gasteiger partial charge is 0.252 e. The van der Waals surface area contributed by atoms with E-state index in [4.69, 9.17) is 6.57 Å². The van der Waals surface area contributed by atoms with Gasteiger partial charge in [-0.1, -0.05) is 12.1 Å². The SMILES string of the molecule is [C-]#[N+]C(C)(C)c1cc2cc[n+](C)c3c4c(C)ccc5c6cc(F)ccc6n(c(c1)c23)c54. The van der Waals surface area contributed by atoms with Crippen LogP contribution in [0.1, 0.15) is 25.0 Å². The maximum absolute atomic E-state index is 14.2. The fourth-order valence-electron chi connectivity index (χ4n) is 5.11. The molecular weight excluding hydrogens is 385 g/mol. The Bertz CT molecular complexity index is 1750. The van der Waals surface area contributed by atoms with Crippen molar-refractivity contribution in [2.24, 2.45) is 7.05 Å². The van der Waals surface area contributed by atoms with Crippen LogP contribution in [0.2, 0.25) is 0 Å². The zero-order valence-corrected chi connectivity index (χ0v) is 17.9. The summed E-state index contributed by atoms with van der Waals surface area (Å²) < 4.78 is 18.7. The third kappa shape index (κ3) is 2.18. The molecule has 0 aliphatic rings. The van der Waals surface area contributed by atoms with Gasteiger partial charge in [-0.3, -0.25) is 0 Å². The summed E-state index contributed by atoms with van der Waals surface area (Å²) in [7, 11) is 2.08. The number of aromatic nitrogens is 2. The molecule has 6 aromatic rings. The number of halogens is 1. The molecular formula is C27H21FN3+. The van der Waals surface area contributed by atoms with Crippen molar-refractivity contribution in [3.05, 3.63) is 83.1 Å². The van der Waals surface area contributed by atoms with Crippen LogP contribution in [0.25, 0.3) is 53.8 Å². The molecule has 0 unspecified atom stereocenters. The first-order chi connectivity index (χ1) is 14.8. The van der Waals surface area contributed by atoms with Gasteiger partial charge in [0.05, 0.1) is 27.3 Å². The molecule has 4 heteroatoms. The molecule has 0 aliphatic heterocycles. The number of benzene rings is 3. The van der Waals surface area contributed by atoms with Crippen LogP contribution in [-0.2, 0) is 12.6 Å². The largest absolute Gasteiger partial charge is 0.307 e. The summed E-state index contributed by atoms with van der Waals surface area (Å²) in [5.41, 5.74) is 5.85. The van der Waals surface area contributed by atoms with Gasteiger partial charge in [-0.15, -0.1) is 0 Å². The van der Waals surface area contributed by atoms with Crippen LogP contribution in [0.4, 0.5) is 4.39 Å². The molecule has 3 aromatic carbocycles. The van der Waals surface area contributed by atoms with Crippen molar-refractivity contribution in [3.63, 3.8) is 0 Å². The van der Waals surface area contributed by atoms with Crippen LogP contribution in [-0.4, -0.2) is 4.40 Å². The van der Waals surface area contributed by atoms with Crippen LogP contribution < -0.4 is 4.57 Å². The van der Waals surface area contributed by atoms with Gasteiger partial charge < -0.3 is 9.25 Å². The van der Waals surface area contributed by atoms with Gasteiger partial charge in [0, 0.05) is 36.2 Å². The minimum absolute atomic E-state index is 0.232. The summed E-state index contributed by atoms with van der Waals surface area (Å²) in [6.07, 6.45) is 2.09. The average Bonchev–Trinajstić information content (AvgIpc) is 3.07. The van der Waals surface area contributed by atoms with Crippen LogP contribution in [0, 0.1) is 19.3 Å². The third-order valence-electron chi connectivity index (χ3n) is 6.78. The van der Waals surface area contributed by atoms with Crippen LogP contribution >= 0.6 is 0 Å². The van der Waals surface area contributed by atoms with Gasteiger partial charge in [0.15, 0.2) is 6.20 Å². The van der Waals surface area contributed by atoms with Gasteiger partial charge >= 0.3 is 0 Å². The maximum Gasteiger partial charge on any atom is 0.252 e. The monoisotopic (exact) mass is 406 g/mol. The van der Waals surface area contributed by atoms with Gasteiger partial charge in [-0.05, 0) is 48.2 Å². The molecule has 0 N–H and O–H groups in total. The molecule has 3 nitrogen and oxygen atoms in total. The number of fused-ring (bicyclic) bond motifs is 5. The molecule has 0 atom stereocenters. The minimum Gasteiger partial charge on any atom is -0.307 e. The Balaban J connectivity index is 2.04. The summed E-state index contributed by atoms with van der Waals surface area (Å²) in [6, 6.07) is 15.7. The molecule has 0 saturated heterocycles. The third-order valence-corrected chi connectivity index (χ3v) is 6.78. The second-order valence-corrected chi connectivity index (χ2v) is 9.06. The van der Waals surface area contributed by atoms with Gasteiger partial charge in [0.25, 0.3) is 5.54 Å². The predicted octanol–water partition coefficient (Wildman–Crippen LogP) is 6.42. The summed E-state index contributed by atoms with van der Waals surface area (Å²) in [4.78, 5) is 3.89. The zero-order chi connectivity index (χ0) is 21.7.